The summed E-state index contributed by atoms with van der Waals surface area (Å²) in [5.41, 5.74) is 15.7. The number of nitrogens with two attached hydrogens (primary N) is 2. The van der Waals surface area contributed by atoms with Crippen LogP contribution in [0.3, 0.4) is 0 Å². The number of fused-ring (bicyclic) bond motifs is 7. The number of primary amides is 1. The predicted octanol–water partition coefficient (Wildman–Crippen LogP) is 6.50. The van der Waals surface area contributed by atoms with Crippen LogP contribution in [0, 0.1) is 17.6 Å². The number of carbonyl (C=O) groups excluding carboxylic acids is 9. The molecule has 4 bridgehead atoms. The molecule has 498 valence electrons. The number of benzene rings is 4. The number of rotatable bonds is 11. The SMILES string of the molecule is CC1NC(=O)[C@H](CC2=CCc3ccc(F)cc32)NC(=O)[C@H](Cc2c[nH]c3ccc(F)cc23)NC(=O)[C@@H](C)NC(=O)[C@H](CCCCN)NC(=O)CCSCc2cccc(c2)CSC[C@@H](C(N)=O)CC(=O)[C@]2(C)CCCN2C(=O)[C@H](Cc2ccc(O)cc2)NC(=O)c2cnc1s2. The smallest absolute Gasteiger partial charge is 0.263 e. The van der Waals surface area contributed by atoms with E-state index in [4.69, 9.17) is 11.5 Å². The van der Waals surface area contributed by atoms with Gasteiger partial charge in [0.1, 0.15) is 57.5 Å². The van der Waals surface area contributed by atoms with Crippen LogP contribution in [0.25, 0.3) is 16.5 Å². The fourth-order valence-electron chi connectivity index (χ4n) is 11.9. The minimum absolute atomic E-state index is 0.0183. The van der Waals surface area contributed by atoms with Gasteiger partial charge in [-0.25, -0.2) is 13.8 Å². The van der Waals surface area contributed by atoms with Gasteiger partial charge in [0.25, 0.3) is 5.91 Å². The molecule has 21 nitrogen and oxygen atoms in total. The molecule has 26 heteroatoms. The number of phenols is 1. The van der Waals surface area contributed by atoms with Crippen molar-refractivity contribution in [1.29, 1.82) is 0 Å². The van der Waals surface area contributed by atoms with Crippen LogP contribution in [0.15, 0.2) is 103 Å². The molecule has 1 unspecified atom stereocenters. The molecule has 1 saturated heterocycles. The molecule has 2 aliphatic heterocycles. The number of unbranched alkanes of at least 4 members (excludes halogenated alkanes) is 1. The summed E-state index contributed by atoms with van der Waals surface area (Å²) >= 11 is 3.87. The van der Waals surface area contributed by atoms with E-state index in [1.807, 2.05) is 30.3 Å². The monoisotopic (exact) mass is 1340 g/mol. The quantitative estimate of drug-likeness (QED) is 0.0620. The second kappa shape index (κ2) is 32.1. The van der Waals surface area contributed by atoms with Gasteiger partial charge in [0.05, 0.1) is 23.7 Å². The molecule has 8 amide bonds. The van der Waals surface area contributed by atoms with Gasteiger partial charge in [0.2, 0.25) is 41.4 Å². The number of thioether (sulfide) groups is 2. The van der Waals surface area contributed by atoms with Crippen molar-refractivity contribution < 1.29 is 57.0 Å². The van der Waals surface area contributed by atoms with Crippen LogP contribution in [-0.2, 0) is 69.1 Å². The van der Waals surface area contributed by atoms with Crippen LogP contribution in [-0.4, -0.2) is 133 Å². The maximum atomic E-state index is 15.0. The molecule has 1 fully saturated rings. The lowest BCUT2D eigenvalue weighted by Crippen LogP contribution is -2.58. The number of thiazole rings is 1. The minimum Gasteiger partial charge on any atom is -0.508 e. The third-order valence-corrected chi connectivity index (χ3v) is 20.7. The van der Waals surface area contributed by atoms with E-state index in [1.54, 1.807) is 38.2 Å². The van der Waals surface area contributed by atoms with Gasteiger partial charge in [-0.3, -0.25) is 43.2 Å². The molecule has 8 atom stereocenters. The van der Waals surface area contributed by atoms with E-state index >= 15 is 4.79 Å². The number of Topliss-reactive ketones (excluding diaryl/α,β-unsaturated/α-hetero) is 1. The molecule has 1 aliphatic carbocycles. The molecule has 0 spiro atoms. The maximum absolute atomic E-state index is 15.0. The number of H-pyrrole nitrogens is 1. The zero-order chi connectivity index (χ0) is 67.2. The Morgan fingerprint density at radius 3 is 2.20 bits per heavy atom. The lowest BCUT2D eigenvalue weighted by Gasteiger charge is -2.37. The van der Waals surface area contributed by atoms with E-state index < -0.39 is 107 Å². The first-order valence-electron chi connectivity index (χ1n) is 31.4. The second-order valence-corrected chi connectivity index (χ2v) is 27.5. The third-order valence-electron chi connectivity index (χ3n) is 17.3. The Balaban J connectivity index is 1.02. The number of nitrogens with one attached hydrogen (secondary N) is 7. The predicted molar refractivity (Wildman–Crippen MR) is 358 cm³/mol. The summed E-state index contributed by atoms with van der Waals surface area (Å²) in [6.07, 6.45) is 6.46. The number of carbonyl (C=O) groups is 9. The molecule has 12 N–H and O–H groups in total. The van der Waals surface area contributed by atoms with Crippen molar-refractivity contribution in [1.82, 2.24) is 46.8 Å². The number of aromatic hydroxyl groups is 1. The van der Waals surface area contributed by atoms with E-state index in [2.05, 4.69) is 41.9 Å². The topological polar surface area (TPSA) is 330 Å². The Morgan fingerprint density at radius 2 is 1.45 bits per heavy atom. The summed E-state index contributed by atoms with van der Waals surface area (Å²) < 4.78 is 29.7. The summed E-state index contributed by atoms with van der Waals surface area (Å²) in [7, 11) is 0. The normalized spacial score (nSPS) is 23.8. The van der Waals surface area contributed by atoms with Gasteiger partial charge in [-0.1, -0.05) is 48.5 Å². The van der Waals surface area contributed by atoms with Crippen LogP contribution in [0.1, 0.15) is 126 Å². The summed E-state index contributed by atoms with van der Waals surface area (Å²) in [5.74, 6) is -6.02. The highest BCUT2D eigenvalue weighted by Crippen LogP contribution is 2.35. The van der Waals surface area contributed by atoms with E-state index in [-0.39, 0.29) is 78.7 Å². The Hall–Kier alpha value is -8.46. The Kier molecular flexibility index (Phi) is 23.9. The van der Waals surface area contributed by atoms with E-state index in [1.165, 1.54) is 84.0 Å². The first kappa shape index (κ1) is 69.9. The molecular weight excluding hydrogens is 1270 g/mol. The minimum atomic E-state index is -1.47. The third kappa shape index (κ3) is 18.1. The van der Waals surface area contributed by atoms with Crippen molar-refractivity contribution in [3.05, 3.63) is 158 Å². The van der Waals surface area contributed by atoms with Crippen LogP contribution in [0.4, 0.5) is 8.78 Å². The molecule has 2 aromatic heterocycles. The number of allylic oxidation sites excluding steroid dienone is 1. The van der Waals surface area contributed by atoms with Crippen molar-refractivity contribution in [2.75, 3.05) is 24.6 Å². The largest absolute Gasteiger partial charge is 0.508 e. The Bertz CT molecular complexity index is 3830. The highest BCUT2D eigenvalue weighted by Gasteiger charge is 2.48. The molecule has 4 aromatic carbocycles. The van der Waals surface area contributed by atoms with Gasteiger partial charge in [0, 0.05) is 78.8 Å². The molecule has 4 heterocycles. The molecule has 3 aliphatic rings. The highest BCUT2D eigenvalue weighted by atomic mass is 32.2. The van der Waals surface area contributed by atoms with E-state index in [9.17, 15) is 52.2 Å². The van der Waals surface area contributed by atoms with Crippen LogP contribution in [0.2, 0.25) is 0 Å². The van der Waals surface area contributed by atoms with Crippen molar-refractivity contribution in [2.45, 2.75) is 145 Å². The number of nitrogens with zero attached hydrogens (tertiary/aromatic N) is 2. The number of hydrogen-bond acceptors (Lipinski definition) is 15. The number of aromatic nitrogens is 2. The molecular formula is C68H79F2N11O10S3. The maximum Gasteiger partial charge on any atom is 0.263 e. The van der Waals surface area contributed by atoms with E-state index in [0.29, 0.717) is 82.7 Å². The Labute approximate surface area is 556 Å². The lowest BCUT2D eigenvalue weighted by molar-refractivity contribution is -0.145. The highest BCUT2D eigenvalue weighted by molar-refractivity contribution is 7.98. The first-order valence-corrected chi connectivity index (χ1v) is 34.5. The average molecular weight is 1340 g/mol. The van der Waals surface area contributed by atoms with Crippen molar-refractivity contribution in [3.8, 4) is 5.75 Å². The summed E-state index contributed by atoms with van der Waals surface area (Å²) in [6.45, 7) is 5.21. The number of ketones is 1. The van der Waals surface area contributed by atoms with Gasteiger partial charge < -0.3 is 58.4 Å². The molecule has 94 heavy (non-hydrogen) atoms. The van der Waals surface area contributed by atoms with E-state index in [0.717, 1.165) is 28.0 Å². The van der Waals surface area contributed by atoms with Gasteiger partial charge in [-0.2, -0.15) is 23.5 Å². The van der Waals surface area contributed by atoms with Crippen LogP contribution in [0.5, 0.6) is 5.75 Å². The van der Waals surface area contributed by atoms with Crippen LogP contribution < -0.4 is 43.4 Å². The standard InChI is InChI=1S/C68H79F2N11O10S3/c1-38-61(86)78-55(29-45-33-73-52-20-17-48(70)32-51(45)52)64(89)79-54(28-44-14-13-43-15-16-47(69)31-50(43)44)63(88)76-39(2)66-74-34-57(94-66)65(90)80-56(27-40-11-18-49(82)19-12-40)67(91)81-24-7-22-68(81,3)58(83)30-46(60(72)85)37-93-36-42-9-6-8-41(26-42)35-92-25-21-59(84)77-53(62(87)75-38)10-4-5-23-71/h6,8-9,11-12,14-20,26,31-34,38-39,46,53-56,73,82H,4-5,7,10,13,21-25,27-30,35-37,71H2,1-3H3,(H2,72,85)(H,75,87)(H,76,88)(H,77,84)(H,78,86)(H,79,89)(H,80,90)/t38-,39?,46+,53+,54+,55+,56+,68+/m1/s1. The summed E-state index contributed by atoms with van der Waals surface area (Å²) in [4.78, 5) is 138. The fraction of sp³-hybridized carbons (Fsp3) is 0.412. The summed E-state index contributed by atoms with van der Waals surface area (Å²) in [6, 6.07) is 14.9. The number of amides is 8. The molecule has 0 radical (unpaired) electrons. The van der Waals surface area contributed by atoms with Crippen LogP contribution >= 0.6 is 34.9 Å². The van der Waals surface area contributed by atoms with Gasteiger partial charge in [0.15, 0.2) is 5.78 Å². The van der Waals surface area contributed by atoms with Gasteiger partial charge in [-0.05, 0) is 147 Å². The lowest BCUT2D eigenvalue weighted by atomic mass is 9.86. The average Bonchev–Trinajstić information content (AvgIpc) is 1.60. The number of aromatic amines is 1. The van der Waals surface area contributed by atoms with Gasteiger partial charge >= 0.3 is 0 Å². The zero-order valence-corrected chi connectivity index (χ0v) is 55.0. The summed E-state index contributed by atoms with van der Waals surface area (Å²) in [5, 5.41) is 27.7. The zero-order valence-electron chi connectivity index (χ0n) is 52.5. The Morgan fingerprint density at radius 1 is 0.755 bits per heavy atom. The fourth-order valence-corrected chi connectivity index (χ4v) is 14.8. The molecule has 6 aromatic rings. The number of phenolic OH excluding ortho intramolecular Hbond substituents is 1. The number of hydrogen-bond donors (Lipinski definition) is 10. The van der Waals surface area contributed by atoms with Crippen molar-refractivity contribution in [2.24, 2.45) is 17.4 Å². The number of halogens is 2. The first-order chi connectivity index (χ1) is 45.0. The second-order valence-electron chi connectivity index (χ2n) is 24.3. The molecule has 0 saturated carbocycles. The van der Waals surface area contributed by atoms with Gasteiger partial charge in [-0.15, -0.1) is 11.3 Å². The molecule has 9 rings (SSSR count). The van der Waals surface area contributed by atoms with Crippen molar-refractivity contribution in [3.63, 3.8) is 0 Å². The van der Waals surface area contributed by atoms with Crippen molar-refractivity contribution >= 4 is 104 Å².